The van der Waals surface area contributed by atoms with E-state index >= 15 is 0 Å². The summed E-state index contributed by atoms with van der Waals surface area (Å²) < 4.78 is 0. The van der Waals surface area contributed by atoms with E-state index in [0.29, 0.717) is 6.04 Å². The Morgan fingerprint density at radius 2 is 2.25 bits per heavy atom. The number of nitrogens with one attached hydrogen (secondary N) is 1. The van der Waals surface area contributed by atoms with Crippen LogP contribution in [0.5, 0.6) is 0 Å². The van der Waals surface area contributed by atoms with Crippen molar-refractivity contribution < 1.29 is 0 Å². The number of hydrogen-bond acceptors (Lipinski definition) is 4. The maximum Gasteiger partial charge on any atom is 0.147 e. The number of likely N-dealkylation sites (N-methyl/N-ethyl adjacent to an activating group) is 1. The van der Waals surface area contributed by atoms with Crippen LogP contribution in [0.15, 0.2) is 6.20 Å². The zero-order valence-electron chi connectivity index (χ0n) is 10.3. The normalized spacial score (nSPS) is 20.1. The minimum atomic E-state index is 0.571. The van der Waals surface area contributed by atoms with Crippen molar-refractivity contribution in [1.82, 2.24) is 15.3 Å². The second-order valence-electron chi connectivity index (χ2n) is 4.33. The van der Waals surface area contributed by atoms with E-state index in [4.69, 9.17) is 0 Å². The summed E-state index contributed by atoms with van der Waals surface area (Å²) in [7, 11) is 0. The molecular weight excluding hydrogens is 200 g/mol. The lowest BCUT2D eigenvalue weighted by molar-refractivity contribution is 0.637. The summed E-state index contributed by atoms with van der Waals surface area (Å²) in [6.07, 6.45) is 3.09. The molecule has 1 aliphatic rings. The van der Waals surface area contributed by atoms with E-state index in [2.05, 4.69) is 27.1 Å². The summed E-state index contributed by atoms with van der Waals surface area (Å²) in [5, 5.41) is 3.39. The molecule has 1 atom stereocenters. The van der Waals surface area contributed by atoms with Crippen molar-refractivity contribution in [1.29, 1.82) is 0 Å². The first-order valence-corrected chi connectivity index (χ1v) is 6.00. The number of rotatable bonds is 3. The van der Waals surface area contributed by atoms with Gasteiger partial charge in [0.2, 0.25) is 0 Å². The van der Waals surface area contributed by atoms with Crippen molar-refractivity contribution in [3.63, 3.8) is 0 Å². The Bertz CT molecular complexity index is 358. The molecule has 4 nitrogen and oxygen atoms in total. The van der Waals surface area contributed by atoms with Gasteiger partial charge >= 0.3 is 0 Å². The molecule has 1 N–H and O–H groups in total. The summed E-state index contributed by atoms with van der Waals surface area (Å²) in [5.41, 5.74) is 2.05. The van der Waals surface area contributed by atoms with Crippen molar-refractivity contribution >= 4 is 5.82 Å². The summed E-state index contributed by atoms with van der Waals surface area (Å²) in [5.74, 6) is 1.01. The predicted molar refractivity (Wildman–Crippen MR) is 65.8 cm³/mol. The molecule has 16 heavy (non-hydrogen) atoms. The van der Waals surface area contributed by atoms with Gasteiger partial charge in [-0.1, -0.05) is 0 Å². The van der Waals surface area contributed by atoms with E-state index in [0.717, 1.165) is 36.8 Å². The molecular formula is C12H20N4. The molecule has 0 amide bonds. The molecule has 1 saturated heterocycles. The van der Waals surface area contributed by atoms with Gasteiger partial charge in [-0.15, -0.1) is 0 Å². The maximum absolute atomic E-state index is 4.62. The Morgan fingerprint density at radius 3 is 2.81 bits per heavy atom. The molecule has 0 bridgehead atoms. The molecule has 1 aromatic rings. The monoisotopic (exact) mass is 220 g/mol. The molecule has 4 heteroatoms. The van der Waals surface area contributed by atoms with Gasteiger partial charge in [0.15, 0.2) is 0 Å². The average Bonchev–Trinajstić information content (AvgIpc) is 2.78. The van der Waals surface area contributed by atoms with Gasteiger partial charge in [-0.05, 0) is 33.7 Å². The second kappa shape index (κ2) is 4.78. The Balaban J connectivity index is 2.22. The van der Waals surface area contributed by atoms with E-state index in [-0.39, 0.29) is 0 Å². The van der Waals surface area contributed by atoms with Gasteiger partial charge in [0.1, 0.15) is 5.82 Å². The van der Waals surface area contributed by atoms with Gasteiger partial charge in [-0.25, -0.2) is 4.98 Å². The van der Waals surface area contributed by atoms with Crippen LogP contribution < -0.4 is 10.2 Å². The van der Waals surface area contributed by atoms with E-state index in [1.54, 1.807) is 0 Å². The fraction of sp³-hybridized carbons (Fsp3) is 0.667. The Kier molecular flexibility index (Phi) is 3.39. The van der Waals surface area contributed by atoms with Crippen molar-refractivity contribution in [2.45, 2.75) is 33.2 Å². The van der Waals surface area contributed by atoms with Gasteiger partial charge in [0.25, 0.3) is 0 Å². The lowest BCUT2D eigenvalue weighted by Crippen LogP contribution is -2.37. The third-order valence-electron chi connectivity index (χ3n) is 3.29. The minimum absolute atomic E-state index is 0.571. The molecule has 0 spiro atoms. The van der Waals surface area contributed by atoms with Crippen LogP contribution in [-0.4, -0.2) is 35.6 Å². The lowest BCUT2D eigenvalue weighted by Gasteiger charge is -2.28. The Morgan fingerprint density at radius 1 is 1.44 bits per heavy atom. The number of hydrogen-bond donors (Lipinski definition) is 1. The molecule has 1 aliphatic heterocycles. The number of aromatic nitrogens is 2. The Hall–Kier alpha value is -1.16. The molecule has 1 fully saturated rings. The molecule has 2 rings (SSSR count). The third-order valence-corrected chi connectivity index (χ3v) is 3.29. The van der Waals surface area contributed by atoms with Crippen molar-refractivity contribution in [2.24, 2.45) is 0 Å². The van der Waals surface area contributed by atoms with E-state index in [9.17, 15) is 0 Å². The third kappa shape index (κ3) is 2.16. The lowest BCUT2D eigenvalue weighted by atomic mass is 10.2. The van der Waals surface area contributed by atoms with Crippen LogP contribution in [-0.2, 0) is 0 Å². The molecule has 0 radical (unpaired) electrons. The molecule has 1 aromatic heterocycles. The standard InChI is InChI=1S/C12H20N4/c1-4-16(11-5-6-13-7-11)12-8-14-9(2)10(3)15-12/h8,11,13H,4-7H2,1-3H3. The van der Waals surface area contributed by atoms with Crippen LogP contribution in [0.4, 0.5) is 5.82 Å². The minimum Gasteiger partial charge on any atom is -0.351 e. The van der Waals surface area contributed by atoms with Gasteiger partial charge in [0, 0.05) is 19.1 Å². The van der Waals surface area contributed by atoms with E-state index in [1.807, 2.05) is 20.0 Å². The first-order chi connectivity index (χ1) is 7.72. The van der Waals surface area contributed by atoms with Crippen molar-refractivity contribution in [3.05, 3.63) is 17.6 Å². The smallest absolute Gasteiger partial charge is 0.147 e. The van der Waals surface area contributed by atoms with Gasteiger partial charge in [-0.2, -0.15) is 0 Å². The largest absolute Gasteiger partial charge is 0.351 e. The van der Waals surface area contributed by atoms with Crippen LogP contribution in [0, 0.1) is 13.8 Å². The SMILES string of the molecule is CCN(c1cnc(C)c(C)n1)C1CCNC1. The van der Waals surface area contributed by atoms with E-state index in [1.165, 1.54) is 6.42 Å². The van der Waals surface area contributed by atoms with Crippen LogP contribution in [0.25, 0.3) is 0 Å². The molecule has 2 heterocycles. The number of aryl methyl sites for hydroxylation is 2. The van der Waals surface area contributed by atoms with Gasteiger partial charge in [-0.3, -0.25) is 4.98 Å². The topological polar surface area (TPSA) is 41.1 Å². The summed E-state index contributed by atoms with van der Waals surface area (Å²) >= 11 is 0. The summed E-state index contributed by atoms with van der Waals surface area (Å²) in [6, 6.07) is 0.571. The highest BCUT2D eigenvalue weighted by atomic mass is 15.2. The summed E-state index contributed by atoms with van der Waals surface area (Å²) in [6.45, 7) is 9.35. The first kappa shape index (κ1) is 11.3. The van der Waals surface area contributed by atoms with Crippen LogP contribution >= 0.6 is 0 Å². The van der Waals surface area contributed by atoms with Crippen LogP contribution in [0.1, 0.15) is 24.7 Å². The van der Waals surface area contributed by atoms with Crippen LogP contribution in [0.3, 0.4) is 0 Å². The molecule has 0 aliphatic carbocycles. The highest BCUT2D eigenvalue weighted by Gasteiger charge is 2.22. The zero-order chi connectivity index (χ0) is 11.5. The molecule has 0 saturated carbocycles. The first-order valence-electron chi connectivity index (χ1n) is 6.00. The van der Waals surface area contributed by atoms with Gasteiger partial charge in [0.05, 0.1) is 17.6 Å². The molecule has 1 unspecified atom stereocenters. The van der Waals surface area contributed by atoms with Crippen molar-refractivity contribution in [3.8, 4) is 0 Å². The Labute approximate surface area is 97.1 Å². The van der Waals surface area contributed by atoms with Crippen molar-refractivity contribution in [2.75, 3.05) is 24.5 Å². The fourth-order valence-electron chi connectivity index (χ4n) is 2.18. The highest BCUT2D eigenvalue weighted by molar-refractivity contribution is 5.39. The predicted octanol–water partition coefficient (Wildman–Crippen LogP) is 1.28. The zero-order valence-corrected chi connectivity index (χ0v) is 10.3. The number of nitrogens with zero attached hydrogens (tertiary/aromatic N) is 3. The second-order valence-corrected chi connectivity index (χ2v) is 4.33. The fourth-order valence-corrected chi connectivity index (χ4v) is 2.18. The van der Waals surface area contributed by atoms with Crippen LogP contribution in [0.2, 0.25) is 0 Å². The maximum atomic E-state index is 4.62. The highest BCUT2D eigenvalue weighted by Crippen LogP contribution is 2.17. The molecule has 88 valence electrons. The van der Waals surface area contributed by atoms with E-state index < -0.39 is 0 Å². The van der Waals surface area contributed by atoms with Gasteiger partial charge < -0.3 is 10.2 Å². The summed E-state index contributed by atoms with van der Waals surface area (Å²) in [4.78, 5) is 11.4. The quantitative estimate of drug-likeness (QED) is 0.833. The average molecular weight is 220 g/mol. The number of anilines is 1. The molecule has 0 aromatic carbocycles.